The van der Waals surface area contributed by atoms with Gasteiger partial charge in [0, 0.05) is 30.5 Å². The molecule has 2 aromatic rings. The standard InChI is InChI=1S/C20H25N3O3S/c1-14(2)22-20(25)9-10-21-19(24)8-7-16-5-4-6-18(11-16)26-12-17-13-27-15(3)23-17/h4-8,11,13-14H,9-10,12H2,1-3H3,(H,21,24)(H,22,25)/b8-7+. The molecule has 7 heteroatoms. The van der Waals surface area contributed by atoms with Crippen LogP contribution in [0.15, 0.2) is 35.7 Å². The lowest BCUT2D eigenvalue weighted by Crippen LogP contribution is -2.33. The molecule has 0 bridgehead atoms. The Labute approximate surface area is 163 Å². The third kappa shape index (κ3) is 8.04. The second-order valence-corrected chi connectivity index (χ2v) is 7.38. The third-order valence-electron chi connectivity index (χ3n) is 3.44. The van der Waals surface area contributed by atoms with Crippen LogP contribution >= 0.6 is 11.3 Å². The molecule has 0 saturated heterocycles. The van der Waals surface area contributed by atoms with Gasteiger partial charge in [-0.25, -0.2) is 4.98 Å². The number of hydrogen-bond acceptors (Lipinski definition) is 5. The summed E-state index contributed by atoms with van der Waals surface area (Å²) in [5, 5.41) is 8.46. The van der Waals surface area contributed by atoms with E-state index in [1.54, 1.807) is 17.4 Å². The Kier molecular flexibility index (Phi) is 8.00. The zero-order chi connectivity index (χ0) is 19.6. The number of hydrogen-bond donors (Lipinski definition) is 2. The number of ether oxygens (including phenoxy) is 1. The van der Waals surface area contributed by atoms with E-state index in [0.717, 1.165) is 16.3 Å². The topological polar surface area (TPSA) is 80.3 Å². The maximum atomic E-state index is 11.9. The first-order valence-electron chi connectivity index (χ1n) is 8.81. The van der Waals surface area contributed by atoms with Gasteiger partial charge in [-0.1, -0.05) is 12.1 Å². The van der Waals surface area contributed by atoms with Crippen molar-refractivity contribution in [2.75, 3.05) is 6.54 Å². The lowest BCUT2D eigenvalue weighted by Gasteiger charge is -2.08. The van der Waals surface area contributed by atoms with E-state index < -0.39 is 0 Å². The zero-order valence-corrected chi connectivity index (χ0v) is 16.6. The van der Waals surface area contributed by atoms with E-state index in [1.165, 1.54) is 6.08 Å². The fraction of sp³-hybridized carbons (Fsp3) is 0.350. The predicted octanol–water partition coefficient (Wildman–Crippen LogP) is 3.07. The molecule has 0 aliphatic heterocycles. The molecule has 6 nitrogen and oxygen atoms in total. The fourth-order valence-electron chi connectivity index (χ4n) is 2.26. The number of nitrogens with zero attached hydrogens (tertiary/aromatic N) is 1. The number of thiazole rings is 1. The quantitative estimate of drug-likeness (QED) is 0.648. The molecule has 2 N–H and O–H groups in total. The second kappa shape index (κ2) is 10.5. The SMILES string of the molecule is Cc1nc(COc2cccc(/C=C/C(=O)NCCC(=O)NC(C)C)c2)cs1. The smallest absolute Gasteiger partial charge is 0.244 e. The van der Waals surface area contributed by atoms with E-state index in [4.69, 9.17) is 4.74 Å². The fourth-order valence-corrected chi connectivity index (χ4v) is 2.86. The number of amides is 2. The Bertz CT molecular complexity index is 799. The molecule has 27 heavy (non-hydrogen) atoms. The van der Waals surface area contributed by atoms with Crippen molar-refractivity contribution in [2.45, 2.75) is 39.8 Å². The van der Waals surface area contributed by atoms with Gasteiger partial charge < -0.3 is 15.4 Å². The molecule has 144 valence electrons. The highest BCUT2D eigenvalue weighted by Crippen LogP contribution is 2.17. The van der Waals surface area contributed by atoms with Gasteiger partial charge in [-0.05, 0) is 44.5 Å². The minimum absolute atomic E-state index is 0.0746. The van der Waals surface area contributed by atoms with Crippen molar-refractivity contribution in [3.63, 3.8) is 0 Å². The molecule has 1 heterocycles. The molecule has 0 unspecified atom stereocenters. The lowest BCUT2D eigenvalue weighted by atomic mass is 10.2. The van der Waals surface area contributed by atoms with Crippen LogP contribution < -0.4 is 15.4 Å². The average molecular weight is 388 g/mol. The van der Waals surface area contributed by atoms with Crippen LogP contribution in [0.4, 0.5) is 0 Å². The van der Waals surface area contributed by atoms with Crippen LogP contribution in [0.3, 0.4) is 0 Å². The third-order valence-corrected chi connectivity index (χ3v) is 4.26. The molecule has 0 radical (unpaired) electrons. The van der Waals surface area contributed by atoms with E-state index >= 15 is 0 Å². The number of carbonyl (C=O) groups excluding carboxylic acids is 2. The van der Waals surface area contributed by atoms with Crippen LogP contribution in [0.5, 0.6) is 5.75 Å². The molecule has 0 spiro atoms. The van der Waals surface area contributed by atoms with E-state index in [0.29, 0.717) is 18.9 Å². The maximum absolute atomic E-state index is 11.9. The summed E-state index contributed by atoms with van der Waals surface area (Å²) in [6.45, 7) is 6.47. The Morgan fingerprint density at radius 3 is 2.85 bits per heavy atom. The summed E-state index contributed by atoms with van der Waals surface area (Å²) in [5.74, 6) is 0.402. The van der Waals surface area contributed by atoms with Crippen molar-refractivity contribution in [1.82, 2.24) is 15.6 Å². The maximum Gasteiger partial charge on any atom is 0.244 e. The molecule has 0 saturated carbocycles. The van der Waals surface area contributed by atoms with Gasteiger partial charge in [0.15, 0.2) is 0 Å². The Morgan fingerprint density at radius 1 is 1.33 bits per heavy atom. The van der Waals surface area contributed by atoms with Gasteiger partial charge in [-0.3, -0.25) is 9.59 Å². The minimum Gasteiger partial charge on any atom is -0.487 e. The summed E-state index contributed by atoms with van der Waals surface area (Å²) >= 11 is 1.59. The molecule has 0 aliphatic rings. The number of aromatic nitrogens is 1. The van der Waals surface area contributed by atoms with Crippen LogP contribution in [0.1, 0.15) is 36.5 Å². The van der Waals surface area contributed by atoms with E-state index in [1.807, 2.05) is 50.4 Å². The van der Waals surface area contributed by atoms with Crippen LogP contribution in [0.25, 0.3) is 6.08 Å². The van der Waals surface area contributed by atoms with Gasteiger partial charge in [0.1, 0.15) is 12.4 Å². The van der Waals surface area contributed by atoms with Gasteiger partial charge in [0.25, 0.3) is 0 Å². The van der Waals surface area contributed by atoms with Gasteiger partial charge in [-0.15, -0.1) is 11.3 Å². The van der Waals surface area contributed by atoms with E-state index in [9.17, 15) is 9.59 Å². The summed E-state index contributed by atoms with van der Waals surface area (Å²) in [4.78, 5) is 27.7. The number of nitrogens with one attached hydrogen (secondary N) is 2. The van der Waals surface area contributed by atoms with Crippen molar-refractivity contribution in [1.29, 1.82) is 0 Å². The normalized spacial score (nSPS) is 11.0. The van der Waals surface area contributed by atoms with E-state index in [-0.39, 0.29) is 24.3 Å². The largest absolute Gasteiger partial charge is 0.487 e. The number of rotatable bonds is 9. The number of benzene rings is 1. The highest BCUT2D eigenvalue weighted by molar-refractivity contribution is 7.09. The van der Waals surface area contributed by atoms with Crippen molar-refractivity contribution in [3.05, 3.63) is 52.0 Å². The number of aryl methyl sites for hydroxylation is 1. The van der Waals surface area contributed by atoms with Crippen LogP contribution in [0.2, 0.25) is 0 Å². The van der Waals surface area contributed by atoms with Crippen LogP contribution in [-0.4, -0.2) is 29.4 Å². The van der Waals surface area contributed by atoms with Crippen molar-refractivity contribution >= 4 is 29.2 Å². The highest BCUT2D eigenvalue weighted by Gasteiger charge is 2.04. The first-order chi connectivity index (χ1) is 12.9. The minimum atomic E-state index is -0.239. The lowest BCUT2D eigenvalue weighted by molar-refractivity contribution is -0.121. The summed E-state index contributed by atoms with van der Waals surface area (Å²) in [6.07, 6.45) is 3.42. The van der Waals surface area contributed by atoms with Crippen molar-refractivity contribution in [3.8, 4) is 5.75 Å². The van der Waals surface area contributed by atoms with Gasteiger partial charge in [-0.2, -0.15) is 0 Å². The molecule has 1 aromatic carbocycles. The molecule has 2 rings (SSSR count). The molecular formula is C20H25N3O3S. The molecule has 0 atom stereocenters. The molecule has 0 fully saturated rings. The molecule has 2 amide bonds. The van der Waals surface area contributed by atoms with Crippen molar-refractivity contribution in [2.24, 2.45) is 0 Å². The summed E-state index contributed by atoms with van der Waals surface area (Å²) in [5.41, 5.74) is 1.76. The Balaban J connectivity index is 1.78. The monoisotopic (exact) mass is 387 g/mol. The molecule has 1 aromatic heterocycles. The Morgan fingerprint density at radius 2 is 2.15 bits per heavy atom. The second-order valence-electron chi connectivity index (χ2n) is 6.32. The number of carbonyl (C=O) groups is 2. The zero-order valence-electron chi connectivity index (χ0n) is 15.8. The van der Waals surface area contributed by atoms with E-state index in [2.05, 4.69) is 15.6 Å². The van der Waals surface area contributed by atoms with Gasteiger partial charge in [0.2, 0.25) is 11.8 Å². The van der Waals surface area contributed by atoms with Gasteiger partial charge >= 0.3 is 0 Å². The van der Waals surface area contributed by atoms with Gasteiger partial charge in [0.05, 0.1) is 10.7 Å². The summed E-state index contributed by atoms with van der Waals surface area (Å²) < 4.78 is 5.74. The average Bonchev–Trinajstić information content (AvgIpc) is 3.03. The summed E-state index contributed by atoms with van der Waals surface area (Å²) in [6, 6.07) is 7.58. The predicted molar refractivity (Wildman–Crippen MR) is 108 cm³/mol. The molecular weight excluding hydrogens is 362 g/mol. The van der Waals surface area contributed by atoms with Crippen LogP contribution in [-0.2, 0) is 16.2 Å². The first kappa shape index (κ1) is 20.6. The van der Waals surface area contributed by atoms with Crippen LogP contribution in [0, 0.1) is 6.92 Å². The summed E-state index contributed by atoms with van der Waals surface area (Å²) in [7, 11) is 0. The first-order valence-corrected chi connectivity index (χ1v) is 9.69. The van der Waals surface area contributed by atoms with Crippen molar-refractivity contribution < 1.29 is 14.3 Å². The molecule has 0 aliphatic carbocycles. The Hall–Kier alpha value is -2.67. The highest BCUT2D eigenvalue weighted by atomic mass is 32.1.